The molecule has 0 amide bonds. The fourth-order valence-electron chi connectivity index (χ4n) is 2.02. The van der Waals surface area contributed by atoms with Crippen molar-refractivity contribution in [3.05, 3.63) is 56.3 Å². The molecule has 0 aliphatic carbocycles. The number of carbonyl (C=O) groups is 1. The summed E-state index contributed by atoms with van der Waals surface area (Å²) in [6.07, 6.45) is 0. The van der Waals surface area contributed by atoms with E-state index in [4.69, 9.17) is 9.52 Å². The average molecular weight is 500 g/mol. The van der Waals surface area contributed by atoms with Crippen molar-refractivity contribution < 1.29 is 36.3 Å². The Labute approximate surface area is 161 Å². The standard InChI is InChI=1S/C13H7IO2.C4H3F5O2/c14-8-5-6-12-10(7-8)13(15)9-3-1-2-4-11(9)16-12;5-1-3(6,7)4(8,9)2(10)11/h1-7H;1H2,(H,10,11). The van der Waals surface area contributed by atoms with Gasteiger partial charge in [0.1, 0.15) is 11.2 Å². The summed E-state index contributed by atoms with van der Waals surface area (Å²) in [5.74, 6) is -13.5. The number of hydrogen-bond acceptors (Lipinski definition) is 3. The minimum Gasteiger partial charge on any atom is -0.477 e. The summed E-state index contributed by atoms with van der Waals surface area (Å²) in [7, 11) is 0. The number of alkyl halides is 5. The van der Waals surface area contributed by atoms with Crippen LogP contribution in [0.3, 0.4) is 0 Å². The summed E-state index contributed by atoms with van der Waals surface area (Å²) >= 11 is 2.19. The zero-order valence-corrected chi connectivity index (χ0v) is 15.3. The smallest absolute Gasteiger partial charge is 0.406 e. The molecule has 27 heavy (non-hydrogen) atoms. The van der Waals surface area contributed by atoms with Crippen LogP contribution >= 0.6 is 22.6 Å². The second-order valence-corrected chi connectivity index (χ2v) is 6.53. The third-order valence-electron chi connectivity index (χ3n) is 3.43. The zero-order valence-electron chi connectivity index (χ0n) is 13.2. The summed E-state index contributed by atoms with van der Waals surface area (Å²) in [5, 5.41) is 8.79. The van der Waals surface area contributed by atoms with Gasteiger partial charge in [-0.3, -0.25) is 4.79 Å². The number of rotatable bonds is 3. The molecule has 3 rings (SSSR count). The van der Waals surface area contributed by atoms with Crippen LogP contribution in [-0.4, -0.2) is 29.6 Å². The van der Waals surface area contributed by atoms with E-state index in [1.165, 1.54) is 0 Å². The van der Waals surface area contributed by atoms with Crippen molar-refractivity contribution in [2.75, 3.05) is 6.67 Å². The predicted molar refractivity (Wildman–Crippen MR) is 96.2 cm³/mol. The molecule has 0 radical (unpaired) electrons. The van der Waals surface area contributed by atoms with Gasteiger partial charge in [0.15, 0.2) is 6.67 Å². The fourth-order valence-corrected chi connectivity index (χ4v) is 2.51. The number of fused-ring (bicyclic) bond motifs is 2. The van der Waals surface area contributed by atoms with Gasteiger partial charge in [0, 0.05) is 3.57 Å². The Kier molecular flexibility index (Phi) is 6.07. The summed E-state index contributed by atoms with van der Waals surface area (Å²) in [4.78, 5) is 21.6. The van der Waals surface area contributed by atoms with Crippen molar-refractivity contribution in [3.8, 4) is 0 Å². The van der Waals surface area contributed by atoms with E-state index in [2.05, 4.69) is 22.6 Å². The van der Waals surface area contributed by atoms with Gasteiger partial charge < -0.3 is 9.52 Å². The van der Waals surface area contributed by atoms with Crippen LogP contribution in [0.25, 0.3) is 21.9 Å². The van der Waals surface area contributed by atoms with Crippen molar-refractivity contribution >= 4 is 50.5 Å². The van der Waals surface area contributed by atoms with Crippen LogP contribution in [0, 0.1) is 3.57 Å². The number of hydrogen-bond donors (Lipinski definition) is 1. The number of carboxylic acid groups (broad SMARTS) is 1. The lowest BCUT2D eigenvalue weighted by Gasteiger charge is -2.19. The predicted octanol–water partition coefficient (Wildman–Crippen LogP) is 4.86. The molecule has 0 saturated heterocycles. The van der Waals surface area contributed by atoms with E-state index in [1.54, 1.807) is 6.07 Å². The molecule has 0 aliphatic rings. The van der Waals surface area contributed by atoms with Crippen LogP contribution in [0.1, 0.15) is 0 Å². The van der Waals surface area contributed by atoms with Crippen LogP contribution in [0.15, 0.2) is 51.7 Å². The van der Waals surface area contributed by atoms with Gasteiger partial charge in [-0.2, -0.15) is 17.6 Å². The molecule has 0 aliphatic heterocycles. The van der Waals surface area contributed by atoms with E-state index in [0.29, 0.717) is 21.9 Å². The first-order valence-corrected chi connectivity index (χ1v) is 8.25. The highest BCUT2D eigenvalue weighted by molar-refractivity contribution is 14.1. The van der Waals surface area contributed by atoms with Gasteiger partial charge in [-0.25, -0.2) is 9.18 Å². The lowest BCUT2D eigenvalue weighted by molar-refractivity contribution is -0.227. The molecule has 144 valence electrons. The maximum absolute atomic E-state index is 12.2. The highest BCUT2D eigenvalue weighted by atomic mass is 127. The monoisotopic (exact) mass is 500 g/mol. The minimum absolute atomic E-state index is 0.0374. The molecule has 1 aromatic heterocycles. The van der Waals surface area contributed by atoms with E-state index in [-0.39, 0.29) is 5.43 Å². The van der Waals surface area contributed by atoms with E-state index in [0.717, 1.165) is 3.57 Å². The normalized spacial score (nSPS) is 11.9. The molecular formula is C17H10F5IO4. The van der Waals surface area contributed by atoms with E-state index >= 15 is 0 Å². The molecule has 3 aromatic rings. The Bertz CT molecular complexity index is 1050. The molecule has 0 spiro atoms. The topological polar surface area (TPSA) is 67.5 Å². The Morgan fingerprint density at radius 3 is 2.19 bits per heavy atom. The van der Waals surface area contributed by atoms with Gasteiger partial charge in [-0.05, 0) is 52.9 Å². The molecule has 0 bridgehead atoms. The number of halogens is 6. The minimum atomic E-state index is -5.35. The van der Waals surface area contributed by atoms with Crippen molar-refractivity contribution in [1.29, 1.82) is 0 Å². The van der Waals surface area contributed by atoms with E-state index in [9.17, 15) is 31.5 Å². The van der Waals surface area contributed by atoms with Gasteiger partial charge in [-0.15, -0.1) is 0 Å². The van der Waals surface area contributed by atoms with Gasteiger partial charge in [-0.1, -0.05) is 12.1 Å². The second kappa shape index (κ2) is 7.79. The largest absolute Gasteiger partial charge is 0.477 e. The summed E-state index contributed by atoms with van der Waals surface area (Å²) in [5.41, 5.74) is 1.32. The van der Waals surface area contributed by atoms with Gasteiger partial charge in [0.25, 0.3) is 0 Å². The summed E-state index contributed by atoms with van der Waals surface area (Å²) in [6, 6.07) is 12.9. The van der Waals surface area contributed by atoms with Crippen molar-refractivity contribution in [1.82, 2.24) is 0 Å². The number of carboxylic acids is 1. The second-order valence-electron chi connectivity index (χ2n) is 5.29. The lowest BCUT2D eigenvalue weighted by Crippen LogP contribution is -2.48. The average Bonchev–Trinajstić information content (AvgIpc) is 2.63. The van der Waals surface area contributed by atoms with Crippen molar-refractivity contribution in [3.63, 3.8) is 0 Å². The highest BCUT2D eigenvalue weighted by Gasteiger charge is 2.62. The third-order valence-corrected chi connectivity index (χ3v) is 4.10. The lowest BCUT2D eigenvalue weighted by atomic mass is 10.1. The zero-order chi connectivity index (χ0) is 20.4. The highest BCUT2D eigenvalue weighted by Crippen LogP contribution is 2.34. The van der Waals surface area contributed by atoms with Crippen LogP contribution < -0.4 is 5.43 Å². The van der Waals surface area contributed by atoms with E-state index < -0.39 is 24.5 Å². The maximum Gasteiger partial charge on any atom is 0.406 e. The first-order chi connectivity index (χ1) is 12.5. The van der Waals surface area contributed by atoms with Crippen LogP contribution in [0.2, 0.25) is 0 Å². The molecule has 1 N–H and O–H groups in total. The number of para-hydroxylation sites is 1. The fraction of sp³-hybridized carbons (Fsp3) is 0.176. The van der Waals surface area contributed by atoms with Gasteiger partial charge in [0.05, 0.1) is 10.8 Å². The Hall–Kier alpha value is -2.24. The quantitative estimate of drug-likeness (QED) is 0.317. The third kappa shape index (κ3) is 4.20. The van der Waals surface area contributed by atoms with Crippen LogP contribution in [0.4, 0.5) is 22.0 Å². The maximum atomic E-state index is 12.2. The molecule has 0 unspecified atom stereocenters. The molecule has 2 aromatic carbocycles. The van der Waals surface area contributed by atoms with Gasteiger partial charge in [0.2, 0.25) is 5.43 Å². The van der Waals surface area contributed by atoms with Crippen LogP contribution in [-0.2, 0) is 4.79 Å². The molecule has 4 nitrogen and oxygen atoms in total. The van der Waals surface area contributed by atoms with Crippen molar-refractivity contribution in [2.24, 2.45) is 0 Å². The molecule has 10 heteroatoms. The van der Waals surface area contributed by atoms with Gasteiger partial charge >= 0.3 is 17.8 Å². The molecule has 0 fully saturated rings. The molecule has 1 heterocycles. The number of aliphatic carboxylic acids is 1. The Morgan fingerprint density at radius 1 is 1.04 bits per heavy atom. The first kappa shape index (κ1) is 21.1. The molecule has 0 saturated carbocycles. The van der Waals surface area contributed by atoms with Crippen LogP contribution in [0.5, 0.6) is 0 Å². The Morgan fingerprint density at radius 2 is 1.63 bits per heavy atom. The SMILES string of the molecule is O=C(O)C(F)(F)C(F)(F)CF.O=c1c2ccccc2oc2ccc(I)cc12. The van der Waals surface area contributed by atoms with Crippen molar-refractivity contribution in [2.45, 2.75) is 11.8 Å². The molecular weight excluding hydrogens is 490 g/mol. The summed E-state index contributed by atoms with van der Waals surface area (Å²) in [6.45, 7) is -2.70. The number of benzene rings is 2. The first-order valence-electron chi connectivity index (χ1n) is 7.17. The molecule has 0 atom stereocenters. The van der Waals surface area contributed by atoms with E-state index in [1.807, 2.05) is 36.4 Å². The summed E-state index contributed by atoms with van der Waals surface area (Å²) < 4.78 is 64.7. The Balaban J connectivity index is 0.000000211.